The van der Waals surface area contributed by atoms with Crippen LogP contribution in [0.2, 0.25) is 0 Å². The Morgan fingerprint density at radius 3 is 2.19 bits per heavy atom. The van der Waals surface area contributed by atoms with Gasteiger partial charge in [-0.3, -0.25) is 0 Å². The van der Waals surface area contributed by atoms with E-state index >= 15 is 0 Å². The van der Waals surface area contributed by atoms with Crippen molar-refractivity contribution in [2.75, 3.05) is 0 Å². The maximum absolute atomic E-state index is 10.1. The van der Waals surface area contributed by atoms with E-state index in [0.29, 0.717) is 0 Å². The third kappa shape index (κ3) is 5.04. The molecule has 0 saturated heterocycles. The molecule has 3 aromatic carbocycles. The number of aromatic amines is 1. The summed E-state index contributed by atoms with van der Waals surface area (Å²) in [5.74, 6) is 1.70. The number of nitrogens with zero attached hydrogens (tertiary/aromatic N) is 1. The highest BCUT2D eigenvalue weighted by Gasteiger charge is 2.14. The first kappa shape index (κ1) is 20.9. The molecular formula is C27H28N2O2. The molecule has 4 rings (SSSR count). The molecule has 1 heterocycles. The van der Waals surface area contributed by atoms with Gasteiger partial charge >= 0.3 is 0 Å². The molecule has 31 heavy (non-hydrogen) atoms. The van der Waals surface area contributed by atoms with E-state index < -0.39 is 5.60 Å². The lowest BCUT2D eigenvalue weighted by Crippen LogP contribution is -2.14. The maximum atomic E-state index is 10.1. The quantitative estimate of drug-likeness (QED) is 0.360. The summed E-state index contributed by atoms with van der Waals surface area (Å²) in [6.07, 6.45) is 4.30. The molecule has 4 nitrogen and oxygen atoms in total. The van der Waals surface area contributed by atoms with Crippen LogP contribution in [-0.2, 0) is 5.60 Å². The summed E-state index contributed by atoms with van der Waals surface area (Å²) < 4.78 is 5.72. The summed E-state index contributed by atoms with van der Waals surface area (Å²) in [5.41, 5.74) is 5.20. The average Bonchev–Trinajstić information content (AvgIpc) is 3.15. The van der Waals surface area contributed by atoms with Crippen molar-refractivity contribution in [1.82, 2.24) is 9.97 Å². The standard InChI is InChI=1S/C27H28N2O2/c1-18(2)31-23-14-10-21(11-15-23)26-28-24-16-9-20(17-25(24)29-26)6-5-19-7-12-22(13-8-19)27(3,4)30/h5-18,30H,1-4H3,(H,28,29)/b6-5-. The number of hydrogen-bond acceptors (Lipinski definition) is 3. The van der Waals surface area contributed by atoms with Crippen molar-refractivity contribution in [3.63, 3.8) is 0 Å². The van der Waals surface area contributed by atoms with E-state index in [0.717, 1.165) is 44.9 Å². The topological polar surface area (TPSA) is 58.1 Å². The van der Waals surface area contributed by atoms with Gasteiger partial charge in [0.1, 0.15) is 11.6 Å². The minimum atomic E-state index is -0.827. The largest absolute Gasteiger partial charge is 0.491 e. The van der Waals surface area contributed by atoms with Crippen LogP contribution in [0, 0.1) is 0 Å². The van der Waals surface area contributed by atoms with Crippen LogP contribution in [0.15, 0.2) is 66.7 Å². The Morgan fingerprint density at radius 1 is 0.903 bits per heavy atom. The molecule has 1 aromatic heterocycles. The molecule has 0 radical (unpaired) electrons. The molecule has 0 unspecified atom stereocenters. The van der Waals surface area contributed by atoms with Gasteiger partial charge in [-0.1, -0.05) is 42.5 Å². The van der Waals surface area contributed by atoms with E-state index in [1.807, 2.05) is 62.4 Å². The molecule has 0 aliphatic heterocycles. The number of aromatic nitrogens is 2. The zero-order valence-electron chi connectivity index (χ0n) is 18.4. The van der Waals surface area contributed by atoms with Gasteiger partial charge in [-0.05, 0) is 80.8 Å². The van der Waals surface area contributed by atoms with Gasteiger partial charge in [0, 0.05) is 5.56 Å². The fraction of sp³-hybridized carbons (Fsp3) is 0.222. The fourth-order valence-electron chi connectivity index (χ4n) is 3.42. The summed E-state index contributed by atoms with van der Waals surface area (Å²) >= 11 is 0. The molecule has 0 bridgehead atoms. The van der Waals surface area contributed by atoms with Crippen molar-refractivity contribution < 1.29 is 9.84 Å². The van der Waals surface area contributed by atoms with Gasteiger partial charge in [0.05, 0.1) is 22.7 Å². The van der Waals surface area contributed by atoms with Crippen LogP contribution < -0.4 is 4.74 Å². The number of benzene rings is 3. The molecule has 158 valence electrons. The van der Waals surface area contributed by atoms with E-state index in [1.54, 1.807) is 13.8 Å². The Bertz CT molecular complexity index is 1190. The van der Waals surface area contributed by atoms with Gasteiger partial charge in [-0.2, -0.15) is 0 Å². The van der Waals surface area contributed by atoms with Gasteiger partial charge in [0.2, 0.25) is 0 Å². The minimum absolute atomic E-state index is 0.156. The number of H-pyrrole nitrogens is 1. The first-order valence-corrected chi connectivity index (χ1v) is 10.6. The van der Waals surface area contributed by atoms with Crippen LogP contribution >= 0.6 is 0 Å². The van der Waals surface area contributed by atoms with Gasteiger partial charge < -0.3 is 14.8 Å². The lowest BCUT2D eigenvalue weighted by Gasteiger charge is -2.17. The summed E-state index contributed by atoms with van der Waals surface area (Å²) in [4.78, 5) is 8.16. The molecule has 0 amide bonds. The zero-order chi connectivity index (χ0) is 22.0. The van der Waals surface area contributed by atoms with Crippen molar-refractivity contribution in [1.29, 1.82) is 0 Å². The molecule has 0 aliphatic rings. The molecular weight excluding hydrogens is 384 g/mol. The lowest BCUT2D eigenvalue weighted by atomic mass is 9.97. The number of hydrogen-bond donors (Lipinski definition) is 2. The van der Waals surface area contributed by atoms with E-state index in [-0.39, 0.29) is 6.10 Å². The van der Waals surface area contributed by atoms with Crippen LogP contribution in [0.3, 0.4) is 0 Å². The Labute approximate surface area is 183 Å². The molecule has 0 aliphatic carbocycles. The van der Waals surface area contributed by atoms with Crippen LogP contribution in [0.1, 0.15) is 44.4 Å². The van der Waals surface area contributed by atoms with Gasteiger partial charge in [0.15, 0.2) is 0 Å². The normalized spacial score (nSPS) is 12.2. The summed E-state index contributed by atoms with van der Waals surface area (Å²) in [6, 6.07) is 22.1. The lowest BCUT2D eigenvalue weighted by molar-refractivity contribution is 0.0786. The second kappa shape index (κ2) is 8.40. The van der Waals surface area contributed by atoms with Gasteiger partial charge in [-0.25, -0.2) is 4.98 Å². The summed E-state index contributed by atoms with van der Waals surface area (Å²) in [7, 11) is 0. The van der Waals surface area contributed by atoms with Crippen LogP contribution in [0.25, 0.3) is 34.6 Å². The molecule has 0 atom stereocenters. The Hall–Kier alpha value is -3.37. The highest BCUT2D eigenvalue weighted by atomic mass is 16.5. The van der Waals surface area contributed by atoms with Crippen LogP contribution in [0.4, 0.5) is 0 Å². The predicted octanol–water partition coefficient (Wildman–Crippen LogP) is 6.41. The number of ether oxygens (including phenoxy) is 1. The number of nitrogens with one attached hydrogen (secondary N) is 1. The zero-order valence-corrected chi connectivity index (χ0v) is 18.4. The first-order valence-electron chi connectivity index (χ1n) is 10.6. The SMILES string of the molecule is CC(C)Oc1ccc(-c2nc3cc(/C=C\c4ccc(C(C)(C)O)cc4)ccc3[nH]2)cc1. The summed E-state index contributed by atoms with van der Waals surface area (Å²) in [6.45, 7) is 7.62. The van der Waals surface area contributed by atoms with E-state index in [2.05, 4.69) is 35.3 Å². The van der Waals surface area contributed by atoms with Gasteiger partial charge in [-0.15, -0.1) is 0 Å². The molecule has 4 heteroatoms. The number of rotatable bonds is 6. The Kier molecular flexibility index (Phi) is 5.66. The van der Waals surface area contributed by atoms with E-state index in [9.17, 15) is 5.11 Å². The first-order chi connectivity index (χ1) is 14.8. The molecule has 0 saturated carbocycles. The average molecular weight is 413 g/mol. The van der Waals surface area contributed by atoms with E-state index in [4.69, 9.17) is 9.72 Å². The third-order valence-electron chi connectivity index (χ3n) is 5.09. The second-order valence-electron chi connectivity index (χ2n) is 8.57. The van der Waals surface area contributed by atoms with Crippen molar-refractivity contribution in [2.24, 2.45) is 0 Å². The predicted molar refractivity (Wildman–Crippen MR) is 128 cm³/mol. The molecule has 0 spiro atoms. The monoisotopic (exact) mass is 412 g/mol. The van der Waals surface area contributed by atoms with E-state index in [1.165, 1.54) is 0 Å². The van der Waals surface area contributed by atoms with Crippen molar-refractivity contribution in [3.05, 3.63) is 83.4 Å². The highest BCUT2D eigenvalue weighted by Crippen LogP contribution is 2.25. The summed E-state index contributed by atoms with van der Waals surface area (Å²) in [5, 5.41) is 10.1. The molecule has 0 fully saturated rings. The molecule has 4 aromatic rings. The van der Waals surface area contributed by atoms with Gasteiger partial charge in [0.25, 0.3) is 0 Å². The number of aliphatic hydroxyl groups is 1. The third-order valence-corrected chi connectivity index (χ3v) is 5.09. The van der Waals surface area contributed by atoms with Crippen LogP contribution in [-0.4, -0.2) is 21.2 Å². The molecule has 2 N–H and O–H groups in total. The second-order valence-corrected chi connectivity index (χ2v) is 8.57. The maximum Gasteiger partial charge on any atom is 0.138 e. The van der Waals surface area contributed by atoms with Crippen molar-refractivity contribution >= 4 is 23.2 Å². The highest BCUT2D eigenvalue weighted by molar-refractivity contribution is 5.83. The van der Waals surface area contributed by atoms with Crippen molar-refractivity contribution in [2.45, 2.75) is 39.4 Å². The minimum Gasteiger partial charge on any atom is -0.491 e. The van der Waals surface area contributed by atoms with Crippen molar-refractivity contribution in [3.8, 4) is 17.1 Å². The Balaban J connectivity index is 1.53. The Morgan fingerprint density at radius 2 is 1.55 bits per heavy atom. The number of imidazole rings is 1. The van der Waals surface area contributed by atoms with Crippen LogP contribution in [0.5, 0.6) is 5.75 Å². The number of fused-ring (bicyclic) bond motifs is 1. The smallest absolute Gasteiger partial charge is 0.138 e. The fourth-order valence-corrected chi connectivity index (χ4v) is 3.42.